The van der Waals surface area contributed by atoms with Gasteiger partial charge in [0.15, 0.2) is 0 Å². The molecule has 2 fully saturated rings. The topological polar surface area (TPSA) is 261 Å². The van der Waals surface area contributed by atoms with Gasteiger partial charge in [-0.15, -0.1) is 0 Å². The van der Waals surface area contributed by atoms with Gasteiger partial charge in [0.05, 0.1) is 42.6 Å². The van der Waals surface area contributed by atoms with Crippen LogP contribution >= 0.6 is 11.8 Å². The second-order valence-corrected chi connectivity index (χ2v) is 12.7. The molecule has 2 heterocycles. The quantitative estimate of drug-likeness (QED) is 0.0194. The predicted octanol–water partition coefficient (Wildman–Crippen LogP) is -4.43. The van der Waals surface area contributed by atoms with Crippen LogP contribution in [0.3, 0.4) is 0 Å². The number of β-lactam (4-membered cyclic amide) rings is 1. The van der Waals surface area contributed by atoms with E-state index in [-0.39, 0.29) is 70.1 Å². The zero-order valence-corrected chi connectivity index (χ0v) is 29.0. The van der Waals surface area contributed by atoms with Crippen molar-refractivity contribution < 1.29 is 74.0 Å². The molecule has 0 aromatic carbocycles. The molecule has 15 nitrogen and oxygen atoms in total. The maximum absolute atomic E-state index is 11.9. The van der Waals surface area contributed by atoms with E-state index in [4.69, 9.17) is 16.6 Å². The largest absolute Gasteiger partial charge is 1.00 e. The normalized spacial score (nSPS) is 22.7. The van der Waals surface area contributed by atoms with Crippen molar-refractivity contribution in [1.82, 2.24) is 15.5 Å². The minimum absolute atomic E-state index is 0. The van der Waals surface area contributed by atoms with E-state index in [0.29, 0.717) is 37.4 Å². The van der Waals surface area contributed by atoms with Gasteiger partial charge >= 0.3 is 41.5 Å². The third-order valence-electron chi connectivity index (χ3n) is 7.63. The van der Waals surface area contributed by atoms with E-state index in [0.717, 1.165) is 25.0 Å². The molecule has 9 N–H and O–H groups in total. The van der Waals surface area contributed by atoms with Gasteiger partial charge in [-0.1, -0.05) is 19.9 Å². The summed E-state index contributed by atoms with van der Waals surface area (Å²) in [6, 6.07) is -1.13. The second kappa shape index (κ2) is 18.5. The summed E-state index contributed by atoms with van der Waals surface area (Å²) in [6.45, 7) is 6.34. The molecule has 1 aliphatic carbocycles. The van der Waals surface area contributed by atoms with Gasteiger partial charge in [0.25, 0.3) is 0 Å². The number of carboxylic acid groups (broad SMARTS) is 3. The number of nitrogens with zero attached hydrogens (tertiary/aromatic N) is 2. The fourth-order valence-electron chi connectivity index (χ4n) is 4.97. The number of rotatable bonds is 17. The molecule has 2 amide bonds. The van der Waals surface area contributed by atoms with Crippen LogP contribution in [0.5, 0.6) is 0 Å². The van der Waals surface area contributed by atoms with Gasteiger partial charge in [-0.3, -0.25) is 24.3 Å². The zero-order chi connectivity index (χ0) is 33.2. The molecule has 246 valence electrons. The Hall–Kier alpha value is -2.63. The molecule has 0 bridgehead atoms. The number of unbranched alkanes of at least 4 members (excludes halogenated alkanes) is 2. The van der Waals surface area contributed by atoms with Crippen molar-refractivity contribution >= 4 is 47.8 Å². The van der Waals surface area contributed by atoms with Crippen LogP contribution in [0.15, 0.2) is 28.2 Å². The van der Waals surface area contributed by atoms with Crippen LogP contribution in [0.1, 0.15) is 52.9 Å². The molecule has 1 saturated heterocycles. The molecule has 5 atom stereocenters. The number of allylic oxidation sites excluding steroid dienone is 1. The number of hydrogen-bond acceptors (Lipinski definition) is 11. The average molecular weight is 663 g/mol. The van der Waals surface area contributed by atoms with Crippen LogP contribution in [0.2, 0.25) is 0 Å². The summed E-state index contributed by atoms with van der Waals surface area (Å²) in [6.07, 6.45) is 5.08. The Morgan fingerprint density at radius 3 is 2.40 bits per heavy atom. The maximum Gasteiger partial charge on any atom is 1.00 e. The summed E-state index contributed by atoms with van der Waals surface area (Å²) in [5.74, 6) is -3.72. The number of carboxylic acids is 3. The summed E-state index contributed by atoms with van der Waals surface area (Å²) >= 11 is 1.45. The number of aliphatic hydroxyl groups is 1. The van der Waals surface area contributed by atoms with Gasteiger partial charge in [0.1, 0.15) is 11.7 Å². The number of fused-ring (bicyclic) bond motifs is 1. The number of nitrogens with two attached hydrogens (primary N) is 2. The molecule has 2 aliphatic heterocycles. The first-order valence-electron chi connectivity index (χ1n) is 14.3. The summed E-state index contributed by atoms with van der Waals surface area (Å²) < 4.78 is 0. The van der Waals surface area contributed by atoms with E-state index >= 15 is 0 Å². The molecule has 17 heteroatoms. The van der Waals surface area contributed by atoms with Crippen molar-refractivity contribution in [3.63, 3.8) is 0 Å². The summed E-state index contributed by atoms with van der Waals surface area (Å²) in [7, 11) is 0. The van der Waals surface area contributed by atoms with Gasteiger partial charge in [-0.2, -0.15) is 11.8 Å². The minimum atomic E-state index is -1.39. The van der Waals surface area contributed by atoms with Crippen molar-refractivity contribution in [3.05, 3.63) is 23.2 Å². The van der Waals surface area contributed by atoms with Crippen molar-refractivity contribution in [2.45, 2.75) is 71.1 Å². The Kier molecular flexibility index (Phi) is 16.6. The van der Waals surface area contributed by atoms with Gasteiger partial charge in [0, 0.05) is 30.3 Å². The third-order valence-corrected chi connectivity index (χ3v) is 8.80. The number of aliphatic hydroxyl groups excluding tert-OH is 1. The molecule has 0 unspecified atom stereocenters. The first-order chi connectivity index (χ1) is 20.6. The molecule has 0 aromatic rings. The van der Waals surface area contributed by atoms with Crippen LogP contribution in [-0.4, -0.2) is 99.1 Å². The monoisotopic (exact) mass is 662 g/mol. The summed E-state index contributed by atoms with van der Waals surface area (Å²) in [4.78, 5) is 61.8. The summed E-state index contributed by atoms with van der Waals surface area (Å²) in [5, 5.41) is 44.0. The van der Waals surface area contributed by atoms with E-state index in [1.807, 2.05) is 13.8 Å². The predicted molar refractivity (Wildman–Crippen MR) is 161 cm³/mol. The van der Waals surface area contributed by atoms with Crippen LogP contribution in [0.4, 0.5) is 0 Å². The van der Waals surface area contributed by atoms with Gasteiger partial charge in [0.2, 0.25) is 11.8 Å². The van der Waals surface area contributed by atoms with Gasteiger partial charge < -0.3 is 47.3 Å². The Bertz CT molecular complexity index is 1190. The zero-order valence-electron chi connectivity index (χ0n) is 26.2. The Morgan fingerprint density at radius 1 is 1.24 bits per heavy atom. The van der Waals surface area contributed by atoms with E-state index in [2.05, 4.69) is 15.6 Å². The Balaban J connectivity index is 0.000000446. The molecular formula is C28H43N6NaO9S. The fraction of sp³-hybridized carbons (Fsp3) is 0.643. The number of carbonyl (C=O) groups is 5. The molecule has 0 spiro atoms. The molecule has 3 aliphatic rings. The SMILES string of the molecule is CC1(C)C[C@@H]1C(=O)N/C(=C\CCCCSC[C@@H](N)C(=O)O)C(=O)[O-].C[C@@H](O)[C@H]1C(=O)N2C(C(=O)O)=C(NCCN=CN)C[C@H]12.[Na+]. The van der Waals surface area contributed by atoms with Crippen LogP contribution < -0.4 is 56.8 Å². The number of hydrogen-bond donors (Lipinski definition) is 7. The van der Waals surface area contributed by atoms with E-state index in [9.17, 15) is 39.3 Å². The molecule has 3 rings (SSSR count). The maximum atomic E-state index is 11.9. The smallest absolute Gasteiger partial charge is 0.543 e. The van der Waals surface area contributed by atoms with Gasteiger partial charge in [-0.25, -0.2) is 4.79 Å². The van der Waals surface area contributed by atoms with Crippen molar-refractivity contribution in [3.8, 4) is 0 Å². The molecular weight excluding hydrogens is 619 g/mol. The number of amides is 2. The third kappa shape index (κ3) is 11.6. The number of aliphatic carboxylic acids is 3. The number of thioether (sulfide) groups is 1. The number of aliphatic imine (C=N–C) groups is 1. The molecule has 45 heavy (non-hydrogen) atoms. The minimum Gasteiger partial charge on any atom is -0.543 e. The first kappa shape index (κ1) is 40.4. The van der Waals surface area contributed by atoms with Crippen LogP contribution in [0.25, 0.3) is 0 Å². The van der Waals surface area contributed by atoms with Gasteiger partial charge in [-0.05, 0) is 43.8 Å². The van der Waals surface area contributed by atoms with Crippen molar-refractivity contribution in [2.75, 3.05) is 24.6 Å². The standard InChI is InChI=1S/C16H26N2O5S.C12H18N4O4.Na/c1-16(2)8-10(16)13(19)18-12(15(22)23)6-4-3-5-7-24-9-11(17)14(20)21;1-6(17)9-8-4-7(15-3-2-14-5-13)10(12(19)20)16(8)11(9)18;/h6,10-11H,3-5,7-9,17H2,1-2H3,(H,18,19)(H,20,21)(H,22,23);5-6,8-9,15,17H,2-4H2,1H3,(H2,13,14)(H,19,20);/q;;+1/p-1/b12-6-;;/t10-,11-;6-,8-,9-;/m11./s1. The van der Waals surface area contributed by atoms with Crippen LogP contribution in [-0.2, 0) is 24.0 Å². The Morgan fingerprint density at radius 2 is 1.89 bits per heavy atom. The first-order valence-corrected chi connectivity index (χ1v) is 15.5. The second-order valence-electron chi connectivity index (χ2n) is 11.5. The van der Waals surface area contributed by atoms with E-state index < -0.39 is 36.0 Å². The molecule has 1 saturated carbocycles. The van der Waals surface area contributed by atoms with E-state index in [1.54, 1.807) is 6.92 Å². The van der Waals surface area contributed by atoms with Crippen LogP contribution in [0, 0.1) is 17.3 Å². The molecule has 0 radical (unpaired) electrons. The number of nitrogens with one attached hydrogen (secondary N) is 2. The number of carbonyl (C=O) groups excluding carboxylic acids is 3. The Labute approximate surface area is 288 Å². The molecule has 0 aromatic heterocycles. The van der Waals surface area contributed by atoms with Crippen molar-refractivity contribution in [1.29, 1.82) is 0 Å². The average Bonchev–Trinajstić information content (AvgIpc) is 3.46. The van der Waals surface area contributed by atoms with Crippen molar-refractivity contribution in [2.24, 2.45) is 33.7 Å². The van der Waals surface area contributed by atoms with E-state index in [1.165, 1.54) is 29.1 Å². The summed E-state index contributed by atoms with van der Waals surface area (Å²) in [5.41, 5.74) is 10.7. The fourth-order valence-corrected chi connectivity index (χ4v) is 5.94.